The second-order valence-corrected chi connectivity index (χ2v) is 8.17. The van der Waals surface area contributed by atoms with Gasteiger partial charge in [0.25, 0.3) is 5.91 Å². The second-order valence-electron chi connectivity index (χ2n) is 8.17. The van der Waals surface area contributed by atoms with Crippen molar-refractivity contribution < 1.29 is 9.59 Å². The van der Waals surface area contributed by atoms with E-state index in [0.717, 1.165) is 43.6 Å². The molecule has 6 rings (SSSR count). The summed E-state index contributed by atoms with van der Waals surface area (Å²) >= 11 is 0. The van der Waals surface area contributed by atoms with E-state index < -0.39 is 0 Å². The van der Waals surface area contributed by atoms with E-state index in [1.807, 2.05) is 18.2 Å². The van der Waals surface area contributed by atoms with Gasteiger partial charge in [-0.15, -0.1) is 0 Å². The van der Waals surface area contributed by atoms with Crippen LogP contribution in [0.2, 0.25) is 0 Å². The number of aryl methyl sites for hydroxylation is 2. The Kier molecular flexibility index (Phi) is 4.66. The fraction of sp³-hybridized carbons (Fsp3) is 0.455. The van der Waals surface area contributed by atoms with Crippen LogP contribution in [0.4, 0.5) is 5.82 Å². The van der Waals surface area contributed by atoms with Gasteiger partial charge in [0.05, 0.1) is 5.92 Å². The molecule has 0 spiro atoms. The Morgan fingerprint density at radius 1 is 1.03 bits per heavy atom. The predicted octanol–water partition coefficient (Wildman–Crippen LogP) is 1.26. The molecule has 3 fully saturated rings. The van der Waals surface area contributed by atoms with E-state index in [2.05, 4.69) is 32.7 Å². The van der Waals surface area contributed by atoms with Gasteiger partial charge in [0.2, 0.25) is 5.91 Å². The van der Waals surface area contributed by atoms with E-state index >= 15 is 0 Å². The Hall–Kier alpha value is -2.96. The number of rotatable bonds is 4. The average Bonchev–Trinajstić information content (AvgIpc) is 3.04. The summed E-state index contributed by atoms with van der Waals surface area (Å²) in [5.74, 6) is 1.55. The number of hydrogen-bond donors (Lipinski definition) is 2. The van der Waals surface area contributed by atoms with Gasteiger partial charge in [-0.25, -0.2) is 9.97 Å². The number of carbonyl (C=O) groups excluding carboxylic acids is 2. The van der Waals surface area contributed by atoms with Crippen LogP contribution < -0.4 is 15.5 Å². The molecule has 5 heterocycles. The average molecular weight is 391 g/mol. The van der Waals surface area contributed by atoms with Crippen LogP contribution in [0.3, 0.4) is 0 Å². The lowest BCUT2D eigenvalue weighted by atomic mass is 9.96. The van der Waals surface area contributed by atoms with Crippen molar-refractivity contribution in [1.82, 2.24) is 20.6 Å². The number of carbonyl (C=O) groups is 2. The minimum Gasteiger partial charge on any atom is -0.353 e. The van der Waals surface area contributed by atoms with Gasteiger partial charge in [-0.3, -0.25) is 9.59 Å². The summed E-state index contributed by atoms with van der Waals surface area (Å²) in [7, 11) is 0. The van der Waals surface area contributed by atoms with Crippen LogP contribution in [0, 0.1) is 5.92 Å². The van der Waals surface area contributed by atoms with Crippen LogP contribution in [0.5, 0.6) is 0 Å². The predicted molar refractivity (Wildman–Crippen MR) is 109 cm³/mol. The smallest absolute Gasteiger partial charge is 0.270 e. The number of nitrogens with zero attached hydrogens (tertiary/aromatic N) is 3. The molecule has 0 aliphatic carbocycles. The molecule has 3 saturated heterocycles. The van der Waals surface area contributed by atoms with E-state index in [1.54, 1.807) is 0 Å². The van der Waals surface area contributed by atoms with E-state index in [1.165, 1.54) is 5.56 Å². The third-order valence-corrected chi connectivity index (χ3v) is 6.15. The summed E-state index contributed by atoms with van der Waals surface area (Å²) in [6.45, 7) is 2.00. The zero-order valence-corrected chi connectivity index (χ0v) is 16.4. The maximum atomic E-state index is 12.5. The van der Waals surface area contributed by atoms with Gasteiger partial charge in [0, 0.05) is 37.7 Å². The SMILES string of the molecule is O=C1NCCc2c1nc(CCc1ccccc1)nc2N1C[C@@H]2CC[C@H](C1)C(=O)N2. The number of anilines is 1. The highest BCUT2D eigenvalue weighted by atomic mass is 16.2. The maximum absolute atomic E-state index is 12.5. The van der Waals surface area contributed by atoms with Crippen LogP contribution in [0.1, 0.15) is 40.3 Å². The van der Waals surface area contributed by atoms with E-state index in [-0.39, 0.29) is 23.8 Å². The number of piperidine rings is 1. The van der Waals surface area contributed by atoms with Crippen molar-refractivity contribution in [2.75, 3.05) is 24.5 Å². The molecule has 0 saturated carbocycles. The number of fused-ring (bicyclic) bond motifs is 5. The first-order valence-corrected chi connectivity index (χ1v) is 10.4. The highest BCUT2D eigenvalue weighted by molar-refractivity contribution is 5.96. The fourth-order valence-corrected chi connectivity index (χ4v) is 4.61. The lowest BCUT2D eigenvalue weighted by molar-refractivity contribution is -0.126. The summed E-state index contributed by atoms with van der Waals surface area (Å²) in [6, 6.07) is 10.4. The third-order valence-electron chi connectivity index (χ3n) is 6.15. The molecule has 1 aromatic carbocycles. The molecule has 29 heavy (non-hydrogen) atoms. The summed E-state index contributed by atoms with van der Waals surface area (Å²) in [5, 5.41) is 6.03. The molecule has 2 N–H and O–H groups in total. The highest BCUT2D eigenvalue weighted by Gasteiger charge is 2.37. The third kappa shape index (κ3) is 3.57. The van der Waals surface area contributed by atoms with E-state index in [9.17, 15) is 9.59 Å². The topological polar surface area (TPSA) is 87.2 Å². The monoisotopic (exact) mass is 391 g/mol. The molecular formula is C22H25N5O2. The molecule has 0 radical (unpaired) electrons. The van der Waals surface area contributed by atoms with Gasteiger partial charge >= 0.3 is 0 Å². The molecular weight excluding hydrogens is 366 g/mol. The molecule has 0 unspecified atom stereocenters. The minimum absolute atomic E-state index is 0.00967. The maximum Gasteiger partial charge on any atom is 0.270 e. The van der Waals surface area contributed by atoms with Crippen molar-refractivity contribution in [3.63, 3.8) is 0 Å². The van der Waals surface area contributed by atoms with Crippen molar-refractivity contribution in [3.05, 3.63) is 53.0 Å². The van der Waals surface area contributed by atoms with Crippen molar-refractivity contribution in [3.8, 4) is 0 Å². The van der Waals surface area contributed by atoms with Gasteiger partial charge < -0.3 is 15.5 Å². The molecule has 2 aromatic rings. The Labute approximate surface area is 169 Å². The molecule has 1 aromatic heterocycles. The number of aromatic nitrogens is 2. The molecule has 4 aliphatic heterocycles. The van der Waals surface area contributed by atoms with Gasteiger partial charge in [-0.05, 0) is 31.2 Å². The first-order valence-electron chi connectivity index (χ1n) is 10.4. The molecule has 2 amide bonds. The molecule has 2 bridgehead atoms. The zero-order chi connectivity index (χ0) is 19.8. The van der Waals surface area contributed by atoms with Crippen LogP contribution in [-0.2, 0) is 24.1 Å². The summed E-state index contributed by atoms with van der Waals surface area (Å²) in [4.78, 5) is 36.6. The van der Waals surface area contributed by atoms with Crippen molar-refractivity contribution in [2.45, 2.75) is 38.1 Å². The van der Waals surface area contributed by atoms with Crippen molar-refractivity contribution in [1.29, 1.82) is 0 Å². The molecule has 7 heteroatoms. The standard InChI is InChI=1S/C22H25N5O2/c28-21-15-7-8-16(24-21)13-27(12-15)20-17-10-11-23-22(29)19(17)25-18(26-20)9-6-14-4-2-1-3-5-14/h1-5,15-16H,6-13H2,(H,23,29)(H,24,28)/t15-,16+/m1/s1. The molecule has 150 valence electrons. The van der Waals surface area contributed by atoms with Crippen LogP contribution in [0.25, 0.3) is 0 Å². The van der Waals surface area contributed by atoms with Crippen LogP contribution in [-0.4, -0.2) is 47.5 Å². The highest BCUT2D eigenvalue weighted by Crippen LogP contribution is 2.30. The second kappa shape index (κ2) is 7.46. The number of amides is 2. The summed E-state index contributed by atoms with van der Waals surface area (Å²) in [6.07, 6.45) is 4.15. The number of hydrogen-bond acceptors (Lipinski definition) is 5. The van der Waals surface area contributed by atoms with Crippen LogP contribution in [0.15, 0.2) is 30.3 Å². The summed E-state index contributed by atoms with van der Waals surface area (Å²) < 4.78 is 0. The Bertz CT molecular complexity index is 946. The van der Waals surface area contributed by atoms with Gasteiger partial charge in [-0.2, -0.15) is 0 Å². The molecule has 2 atom stereocenters. The van der Waals surface area contributed by atoms with Crippen LogP contribution >= 0.6 is 0 Å². The number of benzene rings is 1. The molecule has 4 aliphatic rings. The van der Waals surface area contributed by atoms with Gasteiger partial charge in [0.1, 0.15) is 17.3 Å². The largest absolute Gasteiger partial charge is 0.353 e. The Morgan fingerprint density at radius 2 is 1.90 bits per heavy atom. The fourth-order valence-electron chi connectivity index (χ4n) is 4.61. The zero-order valence-electron chi connectivity index (χ0n) is 16.4. The lowest BCUT2D eigenvalue weighted by Crippen LogP contribution is -2.43. The van der Waals surface area contributed by atoms with Gasteiger partial charge in [-0.1, -0.05) is 30.3 Å². The normalized spacial score (nSPS) is 23.2. The van der Waals surface area contributed by atoms with E-state index in [0.29, 0.717) is 31.0 Å². The van der Waals surface area contributed by atoms with Gasteiger partial charge in [0.15, 0.2) is 0 Å². The van der Waals surface area contributed by atoms with E-state index in [4.69, 9.17) is 4.98 Å². The first-order chi connectivity index (χ1) is 14.2. The lowest BCUT2D eigenvalue weighted by Gasteiger charge is -2.28. The Balaban J connectivity index is 1.49. The van der Waals surface area contributed by atoms with Crippen molar-refractivity contribution in [2.24, 2.45) is 5.92 Å². The quantitative estimate of drug-likeness (QED) is 0.820. The minimum atomic E-state index is -0.122. The number of nitrogens with one attached hydrogen (secondary N) is 2. The van der Waals surface area contributed by atoms with Crippen molar-refractivity contribution >= 4 is 17.6 Å². The Morgan fingerprint density at radius 3 is 2.72 bits per heavy atom. The first kappa shape index (κ1) is 18.1. The summed E-state index contributed by atoms with van der Waals surface area (Å²) in [5.41, 5.74) is 2.65. The molecule has 7 nitrogen and oxygen atoms in total.